The number of amides is 1. The number of ether oxygens (including phenoxy) is 3. The van der Waals surface area contributed by atoms with Crippen LogP contribution in [0.2, 0.25) is 5.02 Å². The molecule has 0 aromatic heterocycles. The molecule has 2 rings (SSSR count). The highest BCUT2D eigenvalue weighted by molar-refractivity contribution is 6.33. The fourth-order valence-corrected chi connectivity index (χ4v) is 2.40. The van der Waals surface area contributed by atoms with Gasteiger partial charge in [-0.25, -0.2) is 4.79 Å². The Hall–Kier alpha value is -2.73. The van der Waals surface area contributed by atoms with Crippen LogP contribution in [0.5, 0.6) is 11.5 Å². The zero-order valence-electron chi connectivity index (χ0n) is 14.1. The third-order valence-corrected chi connectivity index (χ3v) is 3.84. The highest BCUT2D eigenvalue weighted by atomic mass is 35.5. The molecule has 25 heavy (non-hydrogen) atoms. The molecule has 0 spiro atoms. The van der Waals surface area contributed by atoms with E-state index in [1.165, 1.54) is 32.4 Å². The molecule has 7 heteroatoms. The Morgan fingerprint density at radius 3 is 2.44 bits per heavy atom. The van der Waals surface area contributed by atoms with Gasteiger partial charge in [0.05, 0.1) is 44.0 Å². The van der Waals surface area contributed by atoms with E-state index in [9.17, 15) is 9.59 Å². The van der Waals surface area contributed by atoms with Gasteiger partial charge in [0.2, 0.25) is 5.91 Å². The summed E-state index contributed by atoms with van der Waals surface area (Å²) in [5.41, 5.74) is 1.33. The second-order valence-corrected chi connectivity index (χ2v) is 5.50. The summed E-state index contributed by atoms with van der Waals surface area (Å²) < 4.78 is 15.1. The van der Waals surface area contributed by atoms with Gasteiger partial charge < -0.3 is 19.5 Å². The number of hydrogen-bond acceptors (Lipinski definition) is 5. The Kier molecular flexibility index (Phi) is 6.25. The number of halogens is 1. The molecule has 1 N–H and O–H groups in total. The molecule has 0 saturated heterocycles. The van der Waals surface area contributed by atoms with Crippen LogP contribution in [0.3, 0.4) is 0 Å². The Balaban J connectivity index is 2.17. The normalized spacial score (nSPS) is 10.1. The largest absolute Gasteiger partial charge is 0.497 e. The van der Waals surface area contributed by atoms with E-state index in [0.717, 1.165) is 0 Å². The number of hydrogen-bond donors (Lipinski definition) is 1. The van der Waals surface area contributed by atoms with Crippen LogP contribution < -0.4 is 14.8 Å². The molecular formula is C18H18ClNO5. The van der Waals surface area contributed by atoms with Crippen molar-refractivity contribution in [1.29, 1.82) is 0 Å². The lowest BCUT2D eigenvalue weighted by Gasteiger charge is -2.12. The van der Waals surface area contributed by atoms with Gasteiger partial charge in [-0.1, -0.05) is 17.7 Å². The molecule has 0 heterocycles. The van der Waals surface area contributed by atoms with Gasteiger partial charge in [-0.2, -0.15) is 0 Å². The molecule has 0 aliphatic heterocycles. The van der Waals surface area contributed by atoms with Gasteiger partial charge in [-0.05, 0) is 24.3 Å². The van der Waals surface area contributed by atoms with Gasteiger partial charge in [0.25, 0.3) is 0 Å². The number of benzene rings is 2. The zero-order valence-corrected chi connectivity index (χ0v) is 14.8. The van der Waals surface area contributed by atoms with Gasteiger partial charge in [-0.3, -0.25) is 4.79 Å². The molecule has 2 aromatic carbocycles. The van der Waals surface area contributed by atoms with E-state index >= 15 is 0 Å². The van der Waals surface area contributed by atoms with Crippen LogP contribution in [-0.4, -0.2) is 33.2 Å². The van der Waals surface area contributed by atoms with Gasteiger partial charge in [0.1, 0.15) is 11.5 Å². The first-order valence-electron chi connectivity index (χ1n) is 7.37. The van der Waals surface area contributed by atoms with Crippen LogP contribution in [0.4, 0.5) is 5.69 Å². The molecule has 132 valence electrons. The van der Waals surface area contributed by atoms with Crippen molar-refractivity contribution in [3.05, 3.63) is 52.5 Å². The van der Waals surface area contributed by atoms with E-state index in [1.54, 1.807) is 25.3 Å². The third kappa shape index (κ3) is 4.64. The van der Waals surface area contributed by atoms with Gasteiger partial charge >= 0.3 is 5.97 Å². The topological polar surface area (TPSA) is 73.9 Å². The van der Waals surface area contributed by atoms with Gasteiger partial charge in [0.15, 0.2) is 0 Å². The number of anilines is 1. The highest BCUT2D eigenvalue weighted by Gasteiger charge is 2.14. The van der Waals surface area contributed by atoms with Crippen molar-refractivity contribution in [2.75, 3.05) is 26.6 Å². The fraction of sp³-hybridized carbons (Fsp3) is 0.222. The minimum absolute atomic E-state index is 0.0753. The van der Waals surface area contributed by atoms with Crippen molar-refractivity contribution < 1.29 is 23.8 Å². The second-order valence-electron chi connectivity index (χ2n) is 5.09. The lowest BCUT2D eigenvalue weighted by molar-refractivity contribution is -0.115. The van der Waals surface area contributed by atoms with Gasteiger partial charge in [-0.15, -0.1) is 0 Å². The van der Waals surface area contributed by atoms with E-state index in [-0.39, 0.29) is 12.3 Å². The van der Waals surface area contributed by atoms with E-state index < -0.39 is 5.97 Å². The monoisotopic (exact) mass is 363 g/mol. The SMILES string of the molecule is COC(=O)c1ccc(Cl)c(NC(=O)Cc2ccc(OC)cc2OC)c1. The van der Waals surface area contributed by atoms with E-state index in [0.29, 0.717) is 33.3 Å². The maximum Gasteiger partial charge on any atom is 0.337 e. The summed E-state index contributed by atoms with van der Waals surface area (Å²) in [6, 6.07) is 9.72. The van der Waals surface area contributed by atoms with Crippen molar-refractivity contribution in [2.45, 2.75) is 6.42 Å². The first kappa shape index (κ1) is 18.6. The van der Waals surface area contributed by atoms with Gasteiger partial charge in [0, 0.05) is 11.6 Å². The summed E-state index contributed by atoms with van der Waals surface area (Å²) in [5.74, 6) is 0.370. The first-order chi connectivity index (χ1) is 12.0. The number of esters is 1. The summed E-state index contributed by atoms with van der Waals surface area (Å²) in [6.45, 7) is 0. The summed E-state index contributed by atoms with van der Waals surface area (Å²) in [7, 11) is 4.36. The Labute approximate surface area is 150 Å². The summed E-state index contributed by atoms with van der Waals surface area (Å²) >= 11 is 6.08. The smallest absolute Gasteiger partial charge is 0.337 e. The van der Waals surface area contributed by atoms with E-state index in [1.807, 2.05) is 0 Å². The molecule has 0 bridgehead atoms. The van der Waals surface area contributed by atoms with Crippen molar-refractivity contribution in [1.82, 2.24) is 0 Å². The Morgan fingerprint density at radius 1 is 1.04 bits per heavy atom. The maximum atomic E-state index is 12.3. The molecule has 0 unspecified atom stereocenters. The molecule has 0 radical (unpaired) electrons. The van der Waals surface area contributed by atoms with Crippen LogP contribution in [0.1, 0.15) is 15.9 Å². The summed E-state index contributed by atoms with van der Waals surface area (Å²) in [5, 5.41) is 3.01. The lowest BCUT2D eigenvalue weighted by Crippen LogP contribution is -2.16. The van der Waals surface area contributed by atoms with Crippen LogP contribution >= 0.6 is 11.6 Å². The average molecular weight is 364 g/mol. The molecule has 2 aromatic rings. The number of carbonyl (C=O) groups is 2. The minimum Gasteiger partial charge on any atom is -0.497 e. The third-order valence-electron chi connectivity index (χ3n) is 3.51. The maximum absolute atomic E-state index is 12.3. The fourth-order valence-electron chi connectivity index (χ4n) is 2.23. The zero-order chi connectivity index (χ0) is 18.4. The molecule has 6 nitrogen and oxygen atoms in total. The van der Waals surface area contributed by atoms with Crippen molar-refractivity contribution in [3.8, 4) is 11.5 Å². The summed E-state index contributed by atoms with van der Waals surface area (Å²) in [4.78, 5) is 23.9. The molecule has 0 aliphatic rings. The predicted molar refractivity (Wildman–Crippen MR) is 94.7 cm³/mol. The minimum atomic E-state index is -0.510. The molecule has 0 aliphatic carbocycles. The van der Waals surface area contributed by atoms with Crippen LogP contribution in [0.15, 0.2) is 36.4 Å². The van der Waals surface area contributed by atoms with E-state index in [4.69, 9.17) is 21.1 Å². The lowest BCUT2D eigenvalue weighted by atomic mass is 10.1. The standard InChI is InChI=1S/C18H18ClNO5/c1-23-13-6-4-11(16(10-13)24-2)9-17(21)20-15-8-12(18(22)25-3)5-7-14(15)19/h4-8,10H,9H2,1-3H3,(H,20,21). The number of rotatable bonds is 6. The average Bonchev–Trinajstić information content (AvgIpc) is 2.63. The van der Waals surface area contributed by atoms with Crippen LogP contribution in [0.25, 0.3) is 0 Å². The number of methoxy groups -OCH3 is 3. The quantitative estimate of drug-likeness (QED) is 0.797. The number of nitrogens with one attached hydrogen (secondary N) is 1. The molecule has 1 amide bonds. The van der Waals surface area contributed by atoms with Crippen molar-refractivity contribution in [3.63, 3.8) is 0 Å². The number of carbonyl (C=O) groups excluding carboxylic acids is 2. The van der Waals surface area contributed by atoms with Crippen LogP contribution in [-0.2, 0) is 16.0 Å². The molecule has 0 fully saturated rings. The summed E-state index contributed by atoms with van der Waals surface area (Å²) in [6.07, 6.45) is 0.0753. The Morgan fingerprint density at radius 2 is 1.80 bits per heavy atom. The molecule has 0 atom stereocenters. The second kappa shape index (κ2) is 8.39. The first-order valence-corrected chi connectivity index (χ1v) is 7.75. The molecule has 0 saturated carbocycles. The van der Waals surface area contributed by atoms with E-state index in [2.05, 4.69) is 10.1 Å². The Bertz CT molecular complexity index is 791. The molecular weight excluding hydrogens is 346 g/mol. The van der Waals surface area contributed by atoms with Crippen molar-refractivity contribution in [2.24, 2.45) is 0 Å². The van der Waals surface area contributed by atoms with Crippen molar-refractivity contribution >= 4 is 29.2 Å². The predicted octanol–water partition coefficient (Wildman–Crippen LogP) is 3.33. The highest BCUT2D eigenvalue weighted by Crippen LogP contribution is 2.27. The van der Waals surface area contributed by atoms with Crippen LogP contribution in [0, 0.1) is 0 Å².